The van der Waals surface area contributed by atoms with Gasteiger partial charge in [-0.25, -0.2) is 0 Å². The van der Waals surface area contributed by atoms with Gasteiger partial charge >= 0.3 is 0 Å². The maximum Gasteiger partial charge on any atom is -0.0213 e. The molecule has 0 aromatic heterocycles. The molecule has 0 nitrogen and oxygen atoms in total. The van der Waals surface area contributed by atoms with E-state index in [-0.39, 0.29) is 0 Å². The summed E-state index contributed by atoms with van der Waals surface area (Å²) in [5, 5.41) is 0. The second-order valence-corrected chi connectivity index (χ2v) is 3.64. The molecule has 0 aromatic rings. The molecule has 66 valence electrons. The van der Waals surface area contributed by atoms with Gasteiger partial charge in [0.1, 0.15) is 0 Å². The van der Waals surface area contributed by atoms with Gasteiger partial charge in [0, 0.05) is 0 Å². The van der Waals surface area contributed by atoms with E-state index in [0.29, 0.717) is 0 Å². The molecule has 1 unspecified atom stereocenters. The fourth-order valence-electron chi connectivity index (χ4n) is 1.35. The normalized spacial score (nSPS) is 13.5. The molecule has 0 aliphatic heterocycles. The zero-order chi connectivity index (χ0) is 8.69. The van der Waals surface area contributed by atoms with Crippen LogP contribution in [0.15, 0.2) is 12.7 Å². The highest BCUT2D eigenvalue weighted by atomic mass is 14.1. The van der Waals surface area contributed by atoms with Crippen LogP contribution in [-0.4, -0.2) is 0 Å². The molecule has 0 radical (unpaired) electrons. The topological polar surface area (TPSA) is 0 Å². The van der Waals surface area contributed by atoms with Gasteiger partial charge in [-0.2, -0.15) is 0 Å². The molecule has 0 amide bonds. The van der Waals surface area contributed by atoms with Crippen LogP contribution in [0.5, 0.6) is 0 Å². The van der Waals surface area contributed by atoms with Gasteiger partial charge < -0.3 is 0 Å². The van der Waals surface area contributed by atoms with E-state index >= 15 is 0 Å². The molecule has 1 atom stereocenters. The van der Waals surface area contributed by atoms with Crippen molar-refractivity contribution in [1.82, 2.24) is 0 Å². The molecule has 0 fully saturated rings. The Morgan fingerprint density at radius 2 is 1.91 bits per heavy atom. The Hall–Kier alpha value is -0.260. The Kier molecular flexibility index (Phi) is 6.30. The lowest BCUT2D eigenvalue weighted by atomic mass is 9.91. The lowest BCUT2D eigenvalue weighted by molar-refractivity contribution is 0.418. The van der Waals surface area contributed by atoms with Gasteiger partial charge in [0.25, 0.3) is 0 Å². The zero-order valence-electron chi connectivity index (χ0n) is 8.27. The minimum absolute atomic E-state index is 0.738. The maximum absolute atomic E-state index is 3.86. The van der Waals surface area contributed by atoms with Crippen LogP contribution >= 0.6 is 0 Å². The number of hydrogen-bond acceptors (Lipinski definition) is 0. The Morgan fingerprint density at radius 3 is 2.27 bits per heavy atom. The van der Waals surface area contributed by atoms with E-state index < -0.39 is 0 Å². The van der Waals surface area contributed by atoms with Crippen molar-refractivity contribution in [3.8, 4) is 0 Å². The number of unbranched alkanes of at least 4 members (excludes halogenated alkanes) is 2. The van der Waals surface area contributed by atoms with Crippen LogP contribution in [-0.2, 0) is 0 Å². The van der Waals surface area contributed by atoms with E-state index in [4.69, 9.17) is 0 Å². The molecule has 0 spiro atoms. The molecule has 0 heterocycles. The van der Waals surface area contributed by atoms with Crippen LogP contribution in [0, 0.1) is 11.8 Å². The highest BCUT2D eigenvalue weighted by Crippen LogP contribution is 2.19. The van der Waals surface area contributed by atoms with Crippen LogP contribution in [0.1, 0.15) is 46.5 Å². The summed E-state index contributed by atoms with van der Waals surface area (Å²) < 4.78 is 0. The van der Waals surface area contributed by atoms with E-state index in [9.17, 15) is 0 Å². The van der Waals surface area contributed by atoms with Crippen LogP contribution in [0.2, 0.25) is 0 Å². The minimum Gasteiger partial charge on any atom is -0.103 e. The molecule has 0 saturated carbocycles. The van der Waals surface area contributed by atoms with Crippen LogP contribution in [0.4, 0.5) is 0 Å². The zero-order valence-corrected chi connectivity index (χ0v) is 8.27. The van der Waals surface area contributed by atoms with Crippen molar-refractivity contribution < 1.29 is 0 Å². The first-order chi connectivity index (χ1) is 5.22. The summed E-state index contributed by atoms with van der Waals surface area (Å²) in [5.74, 6) is 1.51. The van der Waals surface area contributed by atoms with Crippen LogP contribution in [0.25, 0.3) is 0 Å². The molecule has 0 heteroatoms. The maximum atomic E-state index is 3.86. The van der Waals surface area contributed by atoms with E-state index in [2.05, 4.69) is 33.4 Å². The second-order valence-electron chi connectivity index (χ2n) is 3.64. The third kappa shape index (κ3) is 5.06. The number of hydrogen-bond donors (Lipinski definition) is 0. The summed E-state index contributed by atoms with van der Waals surface area (Å²) in [4.78, 5) is 0. The first-order valence-corrected chi connectivity index (χ1v) is 4.84. The third-order valence-electron chi connectivity index (χ3n) is 2.30. The van der Waals surface area contributed by atoms with Crippen molar-refractivity contribution in [3.05, 3.63) is 12.7 Å². The summed E-state index contributed by atoms with van der Waals surface area (Å²) in [7, 11) is 0. The Labute approximate surface area is 71.7 Å². The molecular weight excluding hydrogens is 132 g/mol. The van der Waals surface area contributed by atoms with Crippen molar-refractivity contribution in [2.45, 2.75) is 46.5 Å². The monoisotopic (exact) mass is 154 g/mol. The van der Waals surface area contributed by atoms with E-state index in [1.165, 1.54) is 25.7 Å². The van der Waals surface area contributed by atoms with Crippen molar-refractivity contribution in [3.63, 3.8) is 0 Å². The standard InChI is InChI=1S/C11H22/c1-5-7-8-9-11(6-2)10(3)4/h6,10-11H,2,5,7-9H2,1,3-4H3. The first kappa shape index (κ1) is 10.7. The Balaban J connectivity index is 3.44. The SMILES string of the molecule is C=CC(CCCCC)C(C)C. The van der Waals surface area contributed by atoms with Gasteiger partial charge in [-0.15, -0.1) is 6.58 Å². The van der Waals surface area contributed by atoms with E-state index in [1.54, 1.807) is 0 Å². The molecule has 0 bridgehead atoms. The van der Waals surface area contributed by atoms with Crippen LogP contribution < -0.4 is 0 Å². The van der Waals surface area contributed by atoms with Crippen molar-refractivity contribution in [2.75, 3.05) is 0 Å². The molecule has 11 heavy (non-hydrogen) atoms. The number of allylic oxidation sites excluding steroid dienone is 1. The van der Waals surface area contributed by atoms with Gasteiger partial charge in [0.05, 0.1) is 0 Å². The fourth-order valence-corrected chi connectivity index (χ4v) is 1.35. The summed E-state index contributed by atoms with van der Waals surface area (Å²) >= 11 is 0. The average Bonchev–Trinajstić information content (AvgIpc) is 1.97. The van der Waals surface area contributed by atoms with Gasteiger partial charge in [-0.05, 0) is 18.3 Å². The molecule has 0 aromatic carbocycles. The fraction of sp³-hybridized carbons (Fsp3) is 0.818. The largest absolute Gasteiger partial charge is 0.103 e. The predicted molar refractivity (Wildman–Crippen MR) is 52.7 cm³/mol. The van der Waals surface area contributed by atoms with Gasteiger partial charge in [-0.3, -0.25) is 0 Å². The molecule has 0 rings (SSSR count). The first-order valence-electron chi connectivity index (χ1n) is 4.84. The summed E-state index contributed by atoms with van der Waals surface area (Å²) in [6, 6.07) is 0. The quantitative estimate of drug-likeness (QED) is 0.400. The predicted octanol–water partition coefficient (Wildman–Crippen LogP) is 4.02. The minimum atomic E-state index is 0.738. The second kappa shape index (κ2) is 6.45. The Bertz CT molecular complexity index is 92.2. The lowest BCUT2D eigenvalue weighted by Gasteiger charge is -2.15. The lowest BCUT2D eigenvalue weighted by Crippen LogP contribution is -2.04. The molecular formula is C11H22. The molecule has 0 saturated heterocycles. The van der Waals surface area contributed by atoms with Gasteiger partial charge in [0.2, 0.25) is 0 Å². The van der Waals surface area contributed by atoms with Gasteiger partial charge in [-0.1, -0.05) is 46.1 Å². The van der Waals surface area contributed by atoms with E-state index in [0.717, 1.165) is 11.8 Å². The summed E-state index contributed by atoms with van der Waals surface area (Å²) in [6.07, 6.45) is 7.50. The molecule has 0 N–H and O–H groups in total. The summed E-state index contributed by atoms with van der Waals surface area (Å²) in [5.41, 5.74) is 0. The van der Waals surface area contributed by atoms with Crippen molar-refractivity contribution >= 4 is 0 Å². The third-order valence-corrected chi connectivity index (χ3v) is 2.30. The Morgan fingerprint density at radius 1 is 1.27 bits per heavy atom. The van der Waals surface area contributed by atoms with E-state index in [1.807, 2.05) is 0 Å². The number of rotatable bonds is 6. The highest BCUT2D eigenvalue weighted by Gasteiger charge is 2.07. The van der Waals surface area contributed by atoms with Gasteiger partial charge in [0.15, 0.2) is 0 Å². The average molecular weight is 154 g/mol. The van der Waals surface area contributed by atoms with Crippen LogP contribution in [0.3, 0.4) is 0 Å². The smallest absolute Gasteiger partial charge is 0.0213 e. The van der Waals surface area contributed by atoms with Crippen molar-refractivity contribution in [1.29, 1.82) is 0 Å². The molecule has 0 aliphatic rings. The highest BCUT2D eigenvalue weighted by molar-refractivity contribution is 4.80. The summed E-state index contributed by atoms with van der Waals surface area (Å²) in [6.45, 7) is 10.7. The molecule has 0 aliphatic carbocycles. The van der Waals surface area contributed by atoms with Crippen molar-refractivity contribution in [2.24, 2.45) is 11.8 Å².